The van der Waals surface area contributed by atoms with Gasteiger partial charge in [-0.05, 0) is 123 Å². The normalized spacial score (nSPS) is 14.8. The van der Waals surface area contributed by atoms with E-state index in [1.54, 1.807) is 24.8 Å². The van der Waals surface area contributed by atoms with Crippen LogP contribution in [-0.4, -0.2) is 101 Å². The maximum absolute atomic E-state index is 5.94. The van der Waals surface area contributed by atoms with Crippen molar-refractivity contribution in [1.29, 1.82) is 0 Å². The van der Waals surface area contributed by atoms with E-state index in [-0.39, 0.29) is 0 Å². The molecule has 8 aromatic rings. The minimum Gasteiger partial charge on any atom is -0.492 e. The van der Waals surface area contributed by atoms with Crippen molar-refractivity contribution in [3.05, 3.63) is 135 Å². The summed E-state index contributed by atoms with van der Waals surface area (Å²) in [5.74, 6) is 1.81. The van der Waals surface area contributed by atoms with Crippen LogP contribution in [0.1, 0.15) is 38.5 Å². The SMILES string of the molecule is c1cc(-c2cnn3cc(-c4ccc(OCCN5CCCCC5)cc4)cnc23)ccn1.c1cc(-c2cnn3cc(-c4ccc(OCCN5CCCCC5)cc4)cnc23)ccn1. The number of nitrogens with zero attached hydrogens (tertiary/aromatic N) is 10. The summed E-state index contributed by atoms with van der Waals surface area (Å²) < 4.78 is 15.5. The molecule has 0 saturated carbocycles. The average molecular weight is 799 g/mol. The maximum atomic E-state index is 5.94. The van der Waals surface area contributed by atoms with Crippen molar-refractivity contribution < 1.29 is 9.47 Å². The van der Waals surface area contributed by atoms with Gasteiger partial charge in [-0.1, -0.05) is 37.1 Å². The van der Waals surface area contributed by atoms with Gasteiger partial charge in [0.25, 0.3) is 0 Å². The molecule has 0 radical (unpaired) electrons. The Balaban J connectivity index is 0.000000154. The molecular weight excluding hydrogens is 749 g/mol. The number of likely N-dealkylation sites (tertiary alicyclic amines) is 2. The van der Waals surface area contributed by atoms with E-state index in [4.69, 9.17) is 9.47 Å². The Morgan fingerprint density at radius 1 is 0.417 bits per heavy atom. The molecule has 0 bridgehead atoms. The van der Waals surface area contributed by atoms with Gasteiger partial charge in [-0.15, -0.1) is 0 Å². The summed E-state index contributed by atoms with van der Waals surface area (Å²) in [5.41, 5.74) is 10.0. The van der Waals surface area contributed by atoms with Crippen LogP contribution in [0.15, 0.2) is 135 Å². The third-order valence-corrected chi connectivity index (χ3v) is 11.3. The topological polar surface area (TPSA) is 111 Å². The van der Waals surface area contributed by atoms with Crippen LogP contribution < -0.4 is 9.47 Å². The predicted molar refractivity (Wildman–Crippen MR) is 235 cm³/mol. The molecule has 304 valence electrons. The van der Waals surface area contributed by atoms with Crippen LogP contribution in [-0.2, 0) is 0 Å². The molecule has 60 heavy (non-hydrogen) atoms. The number of ether oxygens (including phenoxy) is 2. The monoisotopic (exact) mass is 798 g/mol. The number of piperidine rings is 2. The fourth-order valence-electron chi connectivity index (χ4n) is 7.96. The highest BCUT2D eigenvalue weighted by Crippen LogP contribution is 2.28. The molecule has 12 heteroatoms. The second-order valence-electron chi connectivity index (χ2n) is 15.4. The van der Waals surface area contributed by atoms with Crippen molar-refractivity contribution in [3.8, 4) is 56.0 Å². The number of fused-ring (bicyclic) bond motifs is 2. The first-order valence-electron chi connectivity index (χ1n) is 21.1. The summed E-state index contributed by atoms with van der Waals surface area (Å²) in [6.45, 7) is 8.28. The van der Waals surface area contributed by atoms with Crippen molar-refractivity contribution in [2.75, 3.05) is 52.5 Å². The molecule has 6 aromatic heterocycles. The van der Waals surface area contributed by atoms with E-state index in [9.17, 15) is 0 Å². The van der Waals surface area contributed by atoms with Gasteiger partial charge in [-0.3, -0.25) is 19.8 Å². The molecular formula is C48H50N10O2. The summed E-state index contributed by atoms with van der Waals surface area (Å²) in [5, 5.41) is 8.98. The standard InChI is InChI=1S/2C24H25N5O/c2*1-2-12-28(13-3-1)14-15-30-22-6-4-19(5-7-22)21-16-26-24-23(17-27-29(24)18-21)20-8-10-25-11-9-20/h2*4-11,16-18H,1-3,12-15H2. The molecule has 8 heterocycles. The van der Waals surface area contributed by atoms with E-state index in [1.807, 2.05) is 94.7 Å². The zero-order valence-corrected chi connectivity index (χ0v) is 33.9. The molecule has 0 amide bonds. The first kappa shape index (κ1) is 39.0. The third kappa shape index (κ3) is 9.51. The molecule has 0 unspecified atom stereocenters. The Morgan fingerprint density at radius 3 is 1.22 bits per heavy atom. The zero-order valence-electron chi connectivity index (χ0n) is 33.9. The van der Waals surface area contributed by atoms with Gasteiger partial charge in [-0.2, -0.15) is 10.2 Å². The van der Waals surface area contributed by atoms with Crippen LogP contribution in [0.2, 0.25) is 0 Å². The molecule has 0 N–H and O–H groups in total. The first-order valence-corrected chi connectivity index (χ1v) is 21.1. The molecule has 2 aliphatic rings. The van der Waals surface area contributed by atoms with Crippen molar-refractivity contribution in [3.63, 3.8) is 0 Å². The minimum atomic E-state index is 0.734. The molecule has 0 aliphatic carbocycles. The summed E-state index contributed by atoms with van der Waals surface area (Å²) in [7, 11) is 0. The van der Waals surface area contributed by atoms with Gasteiger partial charge in [0.05, 0.1) is 12.4 Å². The summed E-state index contributed by atoms with van der Waals surface area (Å²) in [6, 6.07) is 24.3. The van der Waals surface area contributed by atoms with Gasteiger partial charge < -0.3 is 9.47 Å². The van der Waals surface area contributed by atoms with Gasteiger partial charge in [-0.25, -0.2) is 19.0 Å². The Labute approximate surface area is 350 Å². The van der Waals surface area contributed by atoms with Gasteiger partial charge in [0.2, 0.25) is 0 Å². The Morgan fingerprint density at radius 2 is 0.817 bits per heavy atom. The van der Waals surface area contributed by atoms with Crippen LogP contribution in [0.25, 0.3) is 55.8 Å². The second-order valence-corrected chi connectivity index (χ2v) is 15.4. The quantitative estimate of drug-likeness (QED) is 0.119. The molecule has 2 aliphatic heterocycles. The van der Waals surface area contributed by atoms with Gasteiger partial charge in [0.1, 0.15) is 24.7 Å². The van der Waals surface area contributed by atoms with E-state index in [1.165, 1.54) is 64.7 Å². The number of hydrogen-bond acceptors (Lipinski definition) is 10. The predicted octanol–water partition coefficient (Wildman–Crippen LogP) is 8.65. The molecule has 12 nitrogen and oxygen atoms in total. The number of hydrogen-bond donors (Lipinski definition) is 0. The summed E-state index contributed by atoms with van der Waals surface area (Å²) >= 11 is 0. The lowest BCUT2D eigenvalue weighted by Gasteiger charge is -2.26. The van der Waals surface area contributed by atoms with E-state index in [0.29, 0.717) is 0 Å². The molecule has 0 spiro atoms. The van der Waals surface area contributed by atoms with Crippen LogP contribution in [0.5, 0.6) is 11.5 Å². The second kappa shape index (κ2) is 19.0. The van der Waals surface area contributed by atoms with Crippen molar-refractivity contribution in [1.82, 2.24) is 49.0 Å². The lowest BCUT2D eigenvalue weighted by molar-refractivity contribution is 0.183. The fraction of sp³-hybridized carbons (Fsp3) is 0.292. The Hall–Kier alpha value is -6.50. The largest absolute Gasteiger partial charge is 0.492 e. The highest BCUT2D eigenvalue weighted by Gasteiger charge is 2.13. The van der Waals surface area contributed by atoms with Crippen LogP contribution in [0, 0.1) is 0 Å². The molecule has 0 atom stereocenters. The van der Waals surface area contributed by atoms with Crippen molar-refractivity contribution in [2.24, 2.45) is 0 Å². The highest BCUT2D eigenvalue weighted by atomic mass is 16.5. The number of benzene rings is 2. The first-order chi connectivity index (χ1) is 29.7. The number of pyridine rings is 2. The highest BCUT2D eigenvalue weighted by molar-refractivity contribution is 5.78. The molecule has 10 rings (SSSR count). The molecule has 2 aromatic carbocycles. The fourth-order valence-corrected chi connectivity index (χ4v) is 7.96. The lowest BCUT2D eigenvalue weighted by Crippen LogP contribution is -2.33. The Kier molecular flexibility index (Phi) is 12.4. The molecule has 2 saturated heterocycles. The van der Waals surface area contributed by atoms with Gasteiger partial charge in [0.15, 0.2) is 11.3 Å². The van der Waals surface area contributed by atoms with Gasteiger partial charge in [0, 0.05) is 84.9 Å². The van der Waals surface area contributed by atoms with E-state index in [2.05, 4.69) is 64.2 Å². The third-order valence-electron chi connectivity index (χ3n) is 11.3. The van der Waals surface area contributed by atoms with E-state index >= 15 is 0 Å². The van der Waals surface area contributed by atoms with Crippen molar-refractivity contribution in [2.45, 2.75) is 38.5 Å². The number of rotatable bonds is 12. The summed E-state index contributed by atoms with van der Waals surface area (Å²) in [4.78, 5) is 22.5. The minimum absolute atomic E-state index is 0.734. The van der Waals surface area contributed by atoms with Crippen LogP contribution in [0.4, 0.5) is 0 Å². The van der Waals surface area contributed by atoms with E-state index in [0.717, 1.165) is 93.6 Å². The average Bonchev–Trinajstić information content (AvgIpc) is 3.95. The van der Waals surface area contributed by atoms with Crippen molar-refractivity contribution >= 4 is 11.3 Å². The zero-order chi connectivity index (χ0) is 40.4. The van der Waals surface area contributed by atoms with Crippen LogP contribution in [0.3, 0.4) is 0 Å². The number of aromatic nitrogens is 8. The Bertz CT molecular complexity index is 2380. The lowest BCUT2D eigenvalue weighted by atomic mass is 10.1. The smallest absolute Gasteiger partial charge is 0.162 e. The van der Waals surface area contributed by atoms with Crippen LogP contribution >= 0.6 is 0 Å². The molecule has 2 fully saturated rings. The maximum Gasteiger partial charge on any atom is 0.162 e. The van der Waals surface area contributed by atoms with E-state index < -0.39 is 0 Å². The van der Waals surface area contributed by atoms with Gasteiger partial charge >= 0.3 is 0 Å². The summed E-state index contributed by atoms with van der Waals surface area (Å²) in [6.07, 6.45) is 26.6.